The Morgan fingerprint density at radius 1 is 1.29 bits per heavy atom. The van der Waals surface area contributed by atoms with Gasteiger partial charge >= 0.3 is 0 Å². The molecule has 0 radical (unpaired) electrons. The first-order valence-corrected chi connectivity index (χ1v) is 10.1. The van der Waals surface area contributed by atoms with Crippen LogP contribution < -0.4 is 5.32 Å². The molecule has 0 spiro atoms. The fourth-order valence-corrected chi connectivity index (χ4v) is 5.71. The van der Waals surface area contributed by atoms with Crippen LogP contribution in [0.25, 0.3) is 10.2 Å². The maximum Gasteiger partial charge on any atom is 0.243 e. The summed E-state index contributed by atoms with van der Waals surface area (Å²) in [5.41, 5.74) is 0.813. The molecule has 0 aliphatic carbocycles. The van der Waals surface area contributed by atoms with Crippen molar-refractivity contribution in [1.29, 1.82) is 0 Å². The third-order valence-corrected chi connectivity index (χ3v) is 7.35. The standard InChI is InChI=1S/C15H18N4O3S2/c1-10-17-12-3-2-11(8-14(12)23-10)24(21,22)19-7-6-18-5-4-16-15(20)13(18)9-19/h2-3,8,13H,4-7,9H2,1H3,(H,16,20)/t13-/m1/s1. The first-order chi connectivity index (χ1) is 11.4. The summed E-state index contributed by atoms with van der Waals surface area (Å²) in [4.78, 5) is 18.7. The Hall–Kier alpha value is -1.55. The van der Waals surface area contributed by atoms with Crippen LogP contribution in [0.1, 0.15) is 5.01 Å². The molecular weight excluding hydrogens is 348 g/mol. The molecule has 2 fully saturated rings. The number of sulfonamides is 1. The molecule has 0 bridgehead atoms. The van der Waals surface area contributed by atoms with E-state index in [1.54, 1.807) is 18.2 Å². The number of amides is 1. The molecule has 1 aromatic heterocycles. The van der Waals surface area contributed by atoms with Crippen molar-refractivity contribution >= 4 is 37.5 Å². The van der Waals surface area contributed by atoms with E-state index in [-0.39, 0.29) is 17.3 Å². The number of carbonyl (C=O) groups excluding carboxylic acids is 1. The van der Waals surface area contributed by atoms with Gasteiger partial charge in [-0.2, -0.15) is 4.31 Å². The molecular formula is C15H18N4O3S2. The molecule has 128 valence electrons. The first kappa shape index (κ1) is 15.9. The second kappa shape index (κ2) is 5.76. The average Bonchev–Trinajstić information content (AvgIpc) is 2.94. The van der Waals surface area contributed by atoms with Crippen molar-refractivity contribution < 1.29 is 13.2 Å². The largest absolute Gasteiger partial charge is 0.353 e. The summed E-state index contributed by atoms with van der Waals surface area (Å²) in [5, 5.41) is 3.72. The monoisotopic (exact) mass is 366 g/mol. The molecule has 2 aromatic rings. The fraction of sp³-hybridized carbons (Fsp3) is 0.467. The van der Waals surface area contributed by atoms with Gasteiger partial charge in [0.05, 0.1) is 20.1 Å². The highest BCUT2D eigenvalue weighted by Gasteiger charge is 2.39. The number of piperazine rings is 2. The second-order valence-corrected chi connectivity index (χ2v) is 9.24. The molecule has 2 saturated heterocycles. The Bertz CT molecular complexity index is 909. The van der Waals surface area contributed by atoms with Crippen LogP contribution in [0.3, 0.4) is 0 Å². The van der Waals surface area contributed by atoms with Crippen LogP contribution in [0.2, 0.25) is 0 Å². The van der Waals surface area contributed by atoms with E-state index < -0.39 is 16.1 Å². The summed E-state index contributed by atoms with van der Waals surface area (Å²) in [6.45, 7) is 4.50. The molecule has 2 aliphatic heterocycles. The minimum absolute atomic E-state index is 0.0883. The van der Waals surface area contributed by atoms with Crippen molar-refractivity contribution in [3.63, 3.8) is 0 Å². The molecule has 3 heterocycles. The molecule has 24 heavy (non-hydrogen) atoms. The fourth-order valence-electron chi connectivity index (χ4n) is 3.30. The third kappa shape index (κ3) is 2.61. The van der Waals surface area contributed by atoms with Crippen molar-refractivity contribution in [3.8, 4) is 0 Å². The summed E-state index contributed by atoms with van der Waals surface area (Å²) in [6, 6.07) is 4.64. The normalized spacial score (nSPS) is 23.2. The highest BCUT2D eigenvalue weighted by molar-refractivity contribution is 7.89. The Balaban J connectivity index is 1.64. The molecule has 4 rings (SSSR count). The zero-order valence-electron chi connectivity index (χ0n) is 13.2. The Morgan fingerprint density at radius 3 is 2.96 bits per heavy atom. The molecule has 7 nitrogen and oxygen atoms in total. The third-order valence-electron chi connectivity index (χ3n) is 4.56. The zero-order valence-corrected chi connectivity index (χ0v) is 14.9. The number of rotatable bonds is 2. The minimum Gasteiger partial charge on any atom is -0.353 e. The van der Waals surface area contributed by atoms with E-state index in [1.807, 2.05) is 6.92 Å². The molecule has 1 atom stereocenters. The lowest BCUT2D eigenvalue weighted by molar-refractivity contribution is -0.130. The van der Waals surface area contributed by atoms with Crippen molar-refractivity contribution in [2.75, 3.05) is 32.7 Å². The number of fused-ring (bicyclic) bond motifs is 2. The Labute approximate surface area is 144 Å². The summed E-state index contributed by atoms with van der Waals surface area (Å²) in [5.74, 6) is -0.0883. The van der Waals surface area contributed by atoms with Gasteiger partial charge in [0.25, 0.3) is 0 Å². The minimum atomic E-state index is -3.61. The predicted molar refractivity (Wildman–Crippen MR) is 91.5 cm³/mol. The lowest BCUT2D eigenvalue weighted by atomic mass is 10.1. The quantitative estimate of drug-likeness (QED) is 0.832. The van der Waals surface area contributed by atoms with Crippen LogP contribution in [0.4, 0.5) is 0 Å². The number of carbonyl (C=O) groups is 1. The van der Waals surface area contributed by atoms with E-state index in [0.717, 1.165) is 21.8 Å². The molecule has 1 aromatic carbocycles. The van der Waals surface area contributed by atoms with Gasteiger partial charge in [0, 0.05) is 32.7 Å². The number of thiazole rings is 1. The van der Waals surface area contributed by atoms with Gasteiger partial charge in [-0.15, -0.1) is 11.3 Å². The average molecular weight is 366 g/mol. The van der Waals surface area contributed by atoms with Crippen LogP contribution >= 0.6 is 11.3 Å². The van der Waals surface area contributed by atoms with E-state index in [2.05, 4.69) is 15.2 Å². The van der Waals surface area contributed by atoms with Crippen molar-refractivity contribution in [2.24, 2.45) is 0 Å². The van der Waals surface area contributed by atoms with E-state index in [4.69, 9.17) is 0 Å². The van der Waals surface area contributed by atoms with Gasteiger partial charge in [-0.3, -0.25) is 9.69 Å². The van der Waals surface area contributed by atoms with Crippen molar-refractivity contribution in [1.82, 2.24) is 19.5 Å². The van der Waals surface area contributed by atoms with Gasteiger partial charge < -0.3 is 5.32 Å². The van der Waals surface area contributed by atoms with E-state index >= 15 is 0 Å². The van der Waals surface area contributed by atoms with E-state index in [0.29, 0.717) is 19.6 Å². The Morgan fingerprint density at radius 2 is 2.12 bits per heavy atom. The van der Waals surface area contributed by atoms with Gasteiger partial charge in [-0.05, 0) is 25.1 Å². The maximum absolute atomic E-state index is 13.0. The van der Waals surface area contributed by atoms with Gasteiger partial charge in [-0.1, -0.05) is 0 Å². The summed E-state index contributed by atoms with van der Waals surface area (Å²) >= 11 is 1.48. The van der Waals surface area contributed by atoms with Crippen LogP contribution in [-0.2, 0) is 14.8 Å². The predicted octanol–water partition coefficient (Wildman–Crippen LogP) is 0.409. The zero-order chi connectivity index (χ0) is 16.9. The van der Waals surface area contributed by atoms with Gasteiger partial charge in [0.15, 0.2) is 0 Å². The smallest absolute Gasteiger partial charge is 0.243 e. The summed E-state index contributed by atoms with van der Waals surface area (Å²) in [7, 11) is -3.61. The lowest BCUT2D eigenvalue weighted by Crippen LogP contribution is -2.64. The topological polar surface area (TPSA) is 82.6 Å². The number of benzene rings is 1. The molecule has 2 aliphatic rings. The van der Waals surface area contributed by atoms with E-state index in [9.17, 15) is 13.2 Å². The SMILES string of the molecule is Cc1nc2ccc(S(=O)(=O)N3CCN4CCNC(=O)[C@H]4C3)cc2s1. The van der Waals surface area contributed by atoms with Crippen LogP contribution in [0, 0.1) is 6.92 Å². The van der Waals surface area contributed by atoms with Gasteiger partial charge in [0.1, 0.15) is 6.04 Å². The molecule has 0 unspecified atom stereocenters. The van der Waals surface area contributed by atoms with Crippen molar-refractivity contribution in [3.05, 3.63) is 23.2 Å². The number of nitrogens with zero attached hydrogens (tertiary/aromatic N) is 3. The van der Waals surface area contributed by atoms with Crippen LogP contribution in [0.15, 0.2) is 23.1 Å². The number of aromatic nitrogens is 1. The number of hydrogen-bond donors (Lipinski definition) is 1. The first-order valence-electron chi connectivity index (χ1n) is 7.84. The summed E-state index contributed by atoms with van der Waals surface area (Å²) < 4.78 is 28.2. The van der Waals surface area contributed by atoms with Gasteiger partial charge in [-0.25, -0.2) is 13.4 Å². The molecule has 0 saturated carbocycles. The summed E-state index contributed by atoms with van der Waals surface area (Å²) in [6.07, 6.45) is 0. The van der Waals surface area contributed by atoms with Crippen LogP contribution in [-0.4, -0.2) is 67.3 Å². The van der Waals surface area contributed by atoms with Crippen LogP contribution in [0.5, 0.6) is 0 Å². The highest BCUT2D eigenvalue weighted by atomic mass is 32.2. The highest BCUT2D eigenvalue weighted by Crippen LogP contribution is 2.27. The molecule has 9 heteroatoms. The van der Waals surface area contributed by atoms with Gasteiger partial charge in [0.2, 0.25) is 15.9 Å². The lowest BCUT2D eigenvalue weighted by Gasteiger charge is -2.42. The maximum atomic E-state index is 13.0. The molecule has 1 amide bonds. The van der Waals surface area contributed by atoms with E-state index in [1.165, 1.54) is 15.6 Å². The molecule has 1 N–H and O–H groups in total. The number of aryl methyl sites for hydroxylation is 1. The Kier molecular flexibility index (Phi) is 3.83. The van der Waals surface area contributed by atoms with Crippen molar-refractivity contribution in [2.45, 2.75) is 17.9 Å². The number of hydrogen-bond acceptors (Lipinski definition) is 6. The number of nitrogens with one attached hydrogen (secondary N) is 1. The second-order valence-electron chi connectivity index (χ2n) is 6.07.